The Balaban J connectivity index is 2.53. The van der Waals surface area contributed by atoms with Crippen LogP contribution < -0.4 is 10.1 Å². The third kappa shape index (κ3) is 2.63. The second-order valence-corrected chi connectivity index (χ2v) is 6.11. The molecule has 1 aliphatic rings. The minimum Gasteiger partial charge on any atom is -0.496 e. The smallest absolute Gasteiger partial charge is 0.123 e. The first-order valence-electron chi connectivity index (χ1n) is 6.35. The molecule has 1 aliphatic heterocycles. The number of thioether (sulfide) groups is 1. The summed E-state index contributed by atoms with van der Waals surface area (Å²) in [5.41, 5.74) is 2.49. The number of hydrogen-bond donors (Lipinski definition) is 1. The molecule has 0 fully saturated rings. The molecule has 2 nitrogen and oxygen atoms in total. The van der Waals surface area contributed by atoms with E-state index in [2.05, 4.69) is 19.2 Å². The van der Waals surface area contributed by atoms with E-state index in [-0.39, 0.29) is 0 Å². The van der Waals surface area contributed by atoms with Gasteiger partial charge in [-0.05, 0) is 35.9 Å². The van der Waals surface area contributed by atoms with Gasteiger partial charge in [-0.2, -0.15) is 11.8 Å². The van der Waals surface area contributed by atoms with Crippen LogP contribution in [0.5, 0.6) is 5.75 Å². The number of nitrogens with one attached hydrogen (secondary N) is 1. The SMILES string of the molecule is CCNC1c2c(Cl)ccc(OC)c2CSCC1C. The number of hydrogen-bond acceptors (Lipinski definition) is 3. The molecule has 0 bridgehead atoms. The van der Waals surface area contributed by atoms with Crippen molar-refractivity contribution in [3.05, 3.63) is 28.3 Å². The summed E-state index contributed by atoms with van der Waals surface area (Å²) in [5, 5.41) is 4.42. The third-order valence-electron chi connectivity index (χ3n) is 3.41. The van der Waals surface area contributed by atoms with E-state index in [1.165, 1.54) is 11.1 Å². The fraction of sp³-hybridized carbons (Fsp3) is 0.571. The average Bonchev–Trinajstić information content (AvgIpc) is 2.52. The van der Waals surface area contributed by atoms with Crippen LogP contribution >= 0.6 is 23.4 Å². The van der Waals surface area contributed by atoms with Gasteiger partial charge in [0.05, 0.1) is 7.11 Å². The van der Waals surface area contributed by atoms with Crippen molar-refractivity contribution < 1.29 is 4.74 Å². The Hall–Kier alpha value is -0.380. The van der Waals surface area contributed by atoms with Gasteiger partial charge in [-0.3, -0.25) is 0 Å². The number of methoxy groups -OCH3 is 1. The molecule has 2 rings (SSSR count). The maximum absolute atomic E-state index is 6.43. The molecule has 0 radical (unpaired) electrons. The lowest BCUT2D eigenvalue weighted by Gasteiger charge is -2.25. The normalized spacial score (nSPS) is 23.3. The average molecular weight is 286 g/mol. The van der Waals surface area contributed by atoms with Gasteiger partial charge in [0.1, 0.15) is 5.75 Å². The van der Waals surface area contributed by atoms with Crippen molar-refractivity contribution in [2.24, 2.45) is 5.92 Å². The van der Waals surface area contributed by atoms with Gasteiger partial charge in [0.15, 0.2) is 0 Å². The molecule has 0 spiro atoms. The summed E-state index contributed by atoms with van der Waals surface area (Å²) >= 11 is 8.39. The molecule has 1 heterocycles. The topological polar surface area (TPSA) is 21.3 Å². The molecule has 0 saturated carbocycles. The number of ether oxygens (including phenoxy) is 1. The van der Waals surface area contributed by atoms with Crippen LogP contribution in [0.1, 0.15) is 31.0 Å². The van der Waals surface area contributed by atoms with Gasteiger partial charge >= 0.3 is 0 Å². The molecule has 0 amide bonds. The van der Waals surface area contributed by atoms with Gasteiger partial charge in [0.2, 0.25) is 0 Å². The first kappa shape index (κ1) is 14.0. The van der Waals surface area contributed by atoms with Crippen molar-refractivity contribution in [3.63, 3.8) is 0 Å². The summed E-state index contributed by atoms with van der Waals surface area (Å²) in [6.45, 7) is 5.37. The number of fused-ring (bicyclic) bond motifs is 1. The predicted octanol–water partition coefficient (Wildman–Crippen LogP) is 3.88. The molecule has 0 saturated heterocycles. The van der Waals surface area contributed by atoms with Crippen LogP contribution in [0.25, 0.3) is 0 Å². The zero-order chi connectivity index (χ0) is 13.1. The number of rotatable bonds is 3. The molecular weight excluding hydrogens is 266 g/mol. The highest BCUT2D eigenvalue weighted by molar-refractivity contribution is 7.98. The van der Waals surface area contributed by atoms with Crippen LogP contribution in [-0.2, 0) is 5.75 Å². The third-order valence-corrected chi connectivity index (χ3v) is 5.00. The van der Waals surface area contributed by atoms with Crippen LogP contribution in [0.2, 0.25) is 5.02 Å². The number of halogens is 1. The van der Waals surface area contributed by atoms with E-state index >= 15 is 0 Å². The lowest BCUT2D eigenvalue weighted by atomic mass is 9.92. The van der Waals surface area contributed by atoms with Crippen molar-refractivity contribution in [2.75, 3.05) is 19.4 Å². The highest BCUT2D eigenvalue weighted by atomic mass is 35.5. The van der Waals surface area contributed by atoms with E-state index < -0.39 is 0 Å². The molecule has 4 heteroatoms. The van der Waals surface area contributed by atoms with Crippen LogP contribution in [0, 0.1) is 5.92 Å². The fourth-order valence-electron chi connectivity index (χ4n) is 2.54. The lowest BCUT2D eigenvalue weighted by molar-refractivity contribution is 0.402. The van der Waals surface area contributed by atoms with Crippen molar-refractivity contribution in [1.82, 2.24) is 5.32 Å². The quantitative estimate of drug-likeness (QED) is 0.911. The first-order chi connectivity index (χ1) is 8.69. The van der Waals surface area contributed by atoms with Gasteiger partial charge in [-0.1, -0.05) is 25.4 Å². The van der Waals surface area contributed by atoms with Gasteiger partial charge in [-0.15, -0.1) is 0 Å². The Morgan fingerprint density at radius 3 is 2.94 bits per heavy atom. The van der Waals surface area contributed by atoms with E-state index in [1.54, 1.807) is 7.11 Å². The van der Waals surface area contributed by atoms with Crippen molar-refractivity contribution in [2.45, 2.75) is 25.6 Å². The van der Waals surface area contributed by atoms with Crippen LogP contribution in [0.3, 0.4) is 0 Å². The lowest BCUT2D eigenvalue weighted by Crippen LogP contribution is -2.28. The molecule has 0 aromatic heterocycles. The molecule has 18 heavy (non-hydrogen) atoms. The van der Waals surface area contributed by atoms with Crippen molar-refractivity contribution in [3.8, 4) is 5.75 Å². The molecule has 2 unspecified atom stereocenters. The zero-order valence-electron chi connectivity index (χ0n) is 11.1. The molecule has 1 aromatic carbocycles. The van der Waals surface area contributed by atoms with Crippen LogP contribution in [-0.4, -0.2) is 19.4 Å². The Morgan fingerprint density at radius 1 is 1.50 bits per heavy atom. The maximum Gasteiger partial charge on any atom is 0.123 e. The Labute approximate surface area is 118 Å². The largest absolute Gasteiger partial charge is 0.496 e. The Morgan fingerprint density at radius 2 is 2.28 bits per heavy atom. The van der Waals surface area contributed by atoms with Crippen LogP contribution in [0.15, 0.2) is 12.1 Å². The molecule has 1 aromatic rings. The molecule has 2 atom stereocenters. The molecular formula is C14H20ClNOS. The first-order valence-corrected chi connectivity index (χ1v) is 7.88. The zero-order valence-corrected chi connectivity index (χ0v) is 12.7. The summed E-state index contributed by atoms with van der Waals surface area (Å²) in [5.74, 6) is 3.65. The summed E-state index contributed by atoms with van der Waals surface area (Å²) < 4.78 is 5.49. The van der Waals surface area contributed by atoms with E-state index in [0.29, 0.717) is 12.0 Å². The monoisotopic (exact) mass is 285 g/mol. The van der Waals surface area contributed by atoms with E-state index in [0.717, 1.165) is 28.8 Å². The molecule has 100 valence electrons. The van der Waals surface area contributed by atoms with Gasteiger partial charge < -0.3 is 10.1 Å². The summed E-state index contributed by atoms with van der Waals surface area (Å²) in [6, 6.07) is 4.25. The maximum atomic E-state index is 6.43. The highest BCUT2D eigenvalue weighted by Crippen LogP contribution is 2.42. The Kier molecular flexibility index (Phi) is 4.82. The second kappa shape index (κ2) is 6.18. The summed E-state index contributed by atoms with van der Waals surface area (Å²) in [6.07, 6.45) is 0. The van der Waals surface area contributed by atoms with Gasteiger partial charge in [0, 0.05) is 22.4 Å². The second-order valence-electron chi connectivity index (χ2n) is 4.67. The van der Waals surface area contributed by atoms with E-state index in [9.17, 15) is 0 Å². The summed E-state index contributed by atoms with van der Waals surface area (Å²) in [7, 11) is 1.73. The van der Waals surface area contributed by atoms with Crippen molar-refractivity contribution >= 4 is 23.4 Å². The van der Waals surface area contributed by atoms with Crippen molar-refractivity contribution in [1.29, 1.82) is 0 Å². The minimum atomic E-state index is 0.322. The minimum absolute atomic E-state index is 0.322. The van der Waals surface area contributed by atoms with Gasteiger partial charge in [-0.25, -0.2) is 0 Å². The van der Waals surface area contributed by atoms with E-state index in [4.69, 9.17) is 16.3 Å². The van der Waals surface area contributed by atoms with Gasteiger partial charge in [0.25, 0.3) is 0 Å². The van der Waals surface area contributed by atoms with Crippen LogP contribution in [0.4, 0.5) is 0 Å². The Bertz CT molecular complexity index is 425. The fourth-order valence-corrected chi connectivity index (χ4v) is 4.02. The predicted molar refractivity (Wildman–Crippen MR) is 79.7 cm³/mol. The molecule has 0 aliphatic carbocycles. The number of benzene rings is 1. The highest BCUT2D eigenvalue weighted by Gasteiger charge is 2.28. The standard InChI is InChI=1S/C14H20ClNOS/c1-4-16-14-9(2)7-18-8-10-12(17-3)6-5-11(15)13(10)14/h5-6,9,14,16H,4,7-8H2,1-3H3. The summed E-state index contributed by atoms with van der Waals surface area (Å²) in [4.78, 5) is 0. The molecule has 1 N–H and O–H groups in total. The van der Waals surface area contributed by atoms with E-state index in [1.807, 2.05) is 23.9 Å².